The molecule has 0 radical (unpaired) electrons. The largest absolute Gasteiger partial charge is 0.355 e. The van der Waals surface area contributed by atoms with Crippen molar-refractivity contribution in [2.24, 2.45) is 0 Å². The number of nitrogens with one attached hydrogen (secondary N) is 1. The Morgan fingerprint density at radius 3 is 2.33 bits per heavy atom. The van der Waals surface area contributed by atoms with E-state index < -0.39 is 0 Å². The van der Waals surface area contributed by atoms with E-state index in [-0.39, 0.29) is 11.9 Å². The first-order chi connectivity index (χ1) is 11.7. The number of piperidine rings is 1. The average molecular weight is 342 g/mol. The number of nitrogens with zero attached hydrogens (tertiary/aromatic N) is 1. The van der Waals surface area contributed by atoms with Crippen LogP contribution in [-0.2, 0) is 6.42 Å². The minimum Gasteiger partial charge on any atom is -0.355 e. The highest BCUT2D eigenvalue weighted by atomic mass is 32.1. The quantitative estimate of drug-likeness (QED) is 0.825. The fraction of sp³-hybridized carbons (Fsp3) is 0.350. The number of likely N-dealkylation sites (tertiary alicyclic amines) is 1. The van der Waals surface area contributed by atoms with E-state index in [0.29, 0.717) is 0 Å². The van der Waals surface area contributed by atoms with E-state index in [1.54, 1.807) is 0 Å². The van der Waals surface area contributed by atoms with Gasteiger partial charge in [-0.05, 0) is 61.2 Å². The molecule has 0 aliphatic carbocycles. The maximum absolute atomic E-state index is 13.2. The molecule has 3 rings (SSSR count). The number of thiocarbonyl (C=S) groups is 1. The van der Waals surface area contributed by atoms with Crippen LogP contribution in [0.4, 0.5) is 4.39 Å². The van der Waals surface area contributed by atoms with Gasteiger partial charge < -0.3 is 10.2 Å². The van der Waals surface area contributed by atoms with Crippen LogP contribution in [0.15, 0.2) is 54.6 Å². The van der Waals surface area contributed by atoms with Crippen molar-refractivity contribution >= 4 is 17.3 Å². The molecule has 1 atom stereocenters. The zero-order chi connectivity index (χ0) is 16.8. The Labute approximate surface area is 148 Å². The van der Waals surface area contributed by atoms with Crippen LogP contribution in [0.2, 0.25) is 0 Å². The van der Waals surface area contributed by atoms with Crippen molar-refractivity contribution in [3.63, 3.8) is 0 Å². The fourth-order valence-corrected chi connectivity index (χ4v) is 3.46. The van der Waals surface area contributed by atoms with Gasteiger partial charge in [-0.2, -0.15) is 0 Å². The van der Waals surface area contributed by atoms with Gasteiger partial charge in [0.1, 0.15) is 5.82 Å². The molecule has 1 heterocycles. The van der Waals surface area contributed by atoms with Gasteiger partial charge >= 0.3 is 0 Å². The van der Waals surface area contributed by atoms with E-state index in [4.69, 9.17) is 12.2 Å². The summed E-state index contributed by atoms with van der Waals surface area (Å²) in [5.41, 5.74) is 2.29. The zero-order valence-electron chi connectivity index (χ0n) is 13.7. The second-order valence-electron chi connectivity index (χ2n) is 6.29. The van der Waals surface area contributed by atoms with Crippen LogP contribution in [0.5, 0.6) is 0 Å². The molecule has 1 unspecified atom stereocenters. The molecule has 126 valence electrons. The summed E-state index contributed by atoms with van der Waals surface area (Å²) in [4.78, 5) is 2.26. The smallest absolute Gasteiger partial charge is 0.169 e. The van der Waals surface area contributed by atoms with E-state index in [1.165, 1.54) is 37.0 Å². The number of hydrogen-bond acceptors (Lipinski definition) is 1. The summed E-state index contributed by atoms with van der Waals surface area (Å²) in [6, 6.07) is 17.1. The molecule has 2 aromatic carbocycles. The van der Waals surface area contributed by atoms with Gasteiger partial charge in [-0.15, -0.1) is 0 Å². The molecule has 2 aromatic rings. The molecule has 1 N–H and O–H groups in total. The predicted molar refractivity (Wildman–Crippen MR) is 100 cm³/mol. The summed E-state index contributed by atoms with van der Waals surface area (Å²) < 4.78 is 13.2. The van der Waals surface area contributed by atoms with E-state index >= 15 is 0 Å². The molecule has 0 saturated carbocycles. The average Bonchev–Trinajstić information content (AvgIpc) is 2.64. The molecule has 2 nitrogen and oxygen atoms in total. The molecule has 1 fully saturated rings. The SMILES string of the molecule is Fc1ccc(CC(NC(=S)N2CCCCC2)c2ccccc2)cc1. The highest BCUT2D eigenvalue weighted by Crippen LogP contribution is 2.20. The summed E-state index contributed by atoms with van der Waals surface area (Å²) in [6.45, 7) is 2.06. The van der Waals surface area contributed by atoms with Crippen molar-refractivity contribution in [2.75, 3.05) is 13.1 Å². The topological polar surface area (TPSA) is 15.3 Å². The van der Waals surface area contributed by atoms with Crippen LogP contribution in [0.1, 0.15) is 36.4 Å². The lowest BCUT2D eigenvalue weighted by Crippen LogP contribution is -2.44. The third kappa shape index (κ3) is 4.54. The Hall–Kier alpha value is -1.94. The van der Waals surface area contributed by atoms with Crippen LogP contribution in [-0.4, -0.2) is 23.1 Å². The van der Waals surface area contributed by atoms with Crippen molar-refractivity contribution in [3.8, 4) is 0 Å². The van der Waals surface area contributed by atoms with E-state index in [1.807, 2.05) is 30.3 Å². The van der Waals surface area contributed by atoms with Gasteiger partial charge in [0.15, 0.2) is 5.11 Å². The van der Waals surface area contributed by atoms with Crippen LogP contribution >= 0.6 is 12.2 Å². The third-order valence-electron chi connectivity index (χ3n) is 4.50. The van der Waals surface area contributed by atoms with Crippen LogP contribution in [0.3, 0.4) is 0 Å². The second kappa shape index (κ2) is 8.25. The Morgan fingerprint density at radius 1 is 1.00 bits per heavy atom. The van der Waals surface area contributed by atoms with Gasteiger partial charge in [-0.1, -0.05) is 42.5 Å². The molecule has 0 bridgehead atoms. The highest BCUT2D eigenvalue weighted by molar-refractivity contribution is 7.80. The maximum Gasteiger partial charge on any atom is 0.169 e. The molecule has 0 amide bonds. The van der Waals surface area contributed by atoms with Crippen LogP contribution in [0.25, 0.3) is 0 Å². The second-order valence-corrected chi connectivity index (χ2v) is 6.68. The predicted octanol–water partition coefficient (Wildman–Crippen LogP) is 4.47. The van der Waals surface area contributed by atoms with Gasteiger partial charge in [0.25, 0.3) is 0 Å². The zero-order valence-corrected chi connectivity index (χ0v) is 14.6. The van der Waals surface area contributed by atoms with Crippen molar-refractivity contribution in [1.29, 1.82) is 0 Å². The molecule has 1 saturated heterocycles. The Balaban J connectivity index is 1.74. The minimum atomic E-state index is -0.202. The molecule has 4 heteroatoms. The molecule has 24 heavy (non-hydrogen) atoms. The normalized spacial score (nSPS) is 15.8. The Bertz CT molecular complexity index is 651. The van der Waals surface area contributed by atoms with Crippen molar-refractivity contribution < 1.29 is 4.39 Å². The molecular formula is C20H23FN2S. The summed E-state index contributed by atoms with van der Waals surface area (Å²) in [6.07, 6.45) is 4.47. The molecule has 1 aliphatic heterocycles. The lowest BCUT2D eigenvalue weighted by atomic mass is 9.99. The number of hydrogen-bond donors (Lipinski definition) is 1. The number of rotatable bonds is 4. The summed E-state index contributed by atoms with van der Waals surface area (Å²) in [7, 11) is 0. The van der Waals surface area contributed by atoms with Gasteiger partial charge in [-0.25, -0.2) is 4.39 Å². The monoisotopic (exact) mass is 342 g/mol. The third-order valence-corrected chi connectivity index (χ3v) is 4.87. The van der Waals surface area contributed by atoms with Gasteiger partial charge in [-0.3, -0.25) is 0 Å². The van der Waals surface area contributed by atoms with E-state index in [9.17, 15) is 4.39 Å². The Morgan fingerprint density at radius 2 is 1.67 bits per heavy atom. The number of benzene rings is 2. The summed E-state index contributed by atoms with van der Waals surface area (Å²) >= 11 is 5.64. The first kappa shape index (κ1) is 16.9. The summed E-state index contributed by atoms with van der Waals surface area (Å²) in [5.74, 6) is -0.202. The van der Waals surface area contributed by atoms with Gasteiger partial charge in [0.05, 0.1) is 6.04 Å². The number of halogens is 1. The lowest BCUT2D eigenvalue weighted by molar-refractivity contribution is 0.334. The van der Waals surface area contributed by atoms with Gasteiger partial charge in [0, 0.05) is 13.1 Å². The van der Waals surface area contributed by atoms with Crippen molar-refractivity contribution in [3.05, 3.63) is 71.5 Å². The molecule has 0 aromatic heterocycles. The van der Waals surface area contributed by atoms with Crippen LogP contribution in [0, 0.1) is 5.82 Å². The molecular weight excluding hydrogens is 319 g/mol. The van der Waals surface area contributed by atoms with Gasteiger partial charge in [0.2, 0.25) is 0 Å². The van der Waals surface area contributed by atoms with Crippen molar-refractivity contribution in [2.45, 2.75) is 31.7 Å². The Kier molecular flexibility index (Phi) is 5.81. The minimum absolute atomic E-state index is 0.0890. The molecule has 0 spiro atoms. The lowest BCUT2D eigenvalue weighted by Gasteiger charge is -2.32. The standard InChI is InChI=1S/C20H23FN2S/c21-18-11-9-16(10-12-18)15-19(17-7-3-1-4-8-17)22-20(24)23-13-5-2-6-14-23/h1,3-4,7-12,19H,2,5-6,13-15H2,(H,22,24). The van der Waals surface area contributed by atoms with Crippen LogP contribution < -0.4 is 5.32 Å². The van der Waals surface area contributed by atoms with Crippen molar-refractivity contribution in [1.82, 2.24) is 10.2 Å². The first-order valence-electron chi connectivity index (χ1n) is 8.57. The fourth-order valence-electron chi connectivity index (χ4n) is 3.13. The maximum atomic E-state index is 13.2. The van der Waals surface area contributed by atoms with E-state index in [2.05, 4.69) is 22.3 Å². The molecule has 1 aliphatic rings. The summed E-state index contributed by atoms with van der Waals surface area (Å²) in [5, 5.41) is 4.35. The highest BCUT2D eigenvalue weighted by Gasteiger charge is 2.18. The first-order valence-corrected chi connectivity index (χ1v) is 8.98. The van der Waals surface area contributed by atoms with E-state index in [0.717, 1.165) is 30.2 Å².